The Labute approximate surface area is 184 Å². The largest absolute Gasteiger partial charge is 0.479 e. The molecule has 3 aromatic rings. The van der Waals surface area contributed by atoms with E-state index < -0.39 is 22.0 Å². The highest BCUT2D eigenvalue weighted by molar-refractivity contribution is 7.92. The number of carbonyl (C=O) groups excluding carboxylic acids is 1. The summed E-state index contributed by atoms with van der Waals surface area (Å²) in [5.41, 5.74) is 0.719. The average Bonchev–Trinajstić information content (AvgIpc) is 2.70. The molecule has 0 aromatic heterocycles. The number of hydrogen-bond donors (Lipinski definition) is 2. The number of hydrogen-bond acceptors (Lipinski definition) is 4. The Bertz CT molecular complexity index is 1150. The van der Waals surface area contributed by atoms with Crippen molar-refractivity contribution in [1.29, 1.82) is 0 Å². The second-order valence-corrected chi connectivity index (χ2v) is 8.85. The van der Waals surface area contributed by atoms with E-state index in [1.54, 1.807) is 55.5 Å². The van der Waals surface area contributed by atoms with Gasteiger partial charge in [-0.3, -0.25) is 9.52 Å². The molecule has 1 amide bonds. The summed E-state index contributed by atoms with van der Waals surface area (Å²) in [7, 11) is -3.74. The van der Waals surface area contributed by atoms with Crippen LogP contribution in [0, 0.1) is 0 Å². The molecule has 0 spiro atoms. The van der Waals surface area contributed by atoms with Gasteiger partial charge < -0.3 is 10.1 Å². The van der Waals surface area contributed by atoms with Gasteiger partial charge in [0.05, 0.1) is 15.6 Å². The Morgan fingerprint density at radius 1 is 0.933 bits per heavy atom. The van der Waals surface area contributed by atoms with Crippen LogP contribution in [0.3, 0.4) is 0 Å². The highest BCUT2D eigenvalue weighted by Gasteiger charge is 2.18. The fourth-order valence-electron chi connectivity index (χ4n) is 2.53. The number of nitrogens with one attached hydrogen (secondary N) is 2. The molecule has 30 heavy (non-hydrogen) atoms. The number of anilines is 2. The Balaban J connectivity index is 1.68. The Hall–Kier alpha value is -2.74. The maximum absolute atomic E-state index is 12.5. The molecule has 0 bridgehead atoms. The monoisotopic (exact) mass is 464 g/mol. The molecule has 3 rings (SSSR count). The van der Waals surface area contributed by atoms with Gasteiger partial charge in [0, 0.05) is 10.7 Å². The molecule has 1 atom stereocenters. The van der Waals surface area contributed by atoms with Crippen molar-refractivity contribution in [2.45, 2.75) is 17.9 Å². The van der Waals surface area contributed by atoms with Crippen LogP contribution in [0.15, 0.2) is 77.7 Å². The molecular formula is C21H18Cl2N2O4S. The van der Waals surface area contributed by atoms with E-state index in [9.17, 15) is 13.2 Å². The quantitative estimate of drug-likeness (QED) is 0.503. The zero-order chi connectivity index (χ0) is 21.7. The smallest absolute Gasteiger partial charge is 0.265 e. The molecule has 156 valence electrons. The molecule has 6 nitrogen and oxygen atoms in total. The highest BCUT2D eigenvalue weighted by atomic mass is 35.5. The predicted molar refractivity (Wildman–Crippen MR) is 119 cm³/mol. The molecule has 9 heteroatoms. The van der Waals surface area contributed by atoms with Gasteiger partial charge in [0.25, 0.3) is 15.9 Å². The molecular weight excluding hydrogens is 447 g/mol. The van der Waals surface area contributed by atoms with Crippen molar-refractivity contribution in [3.63, 3.8) is 0 Å². The van der Waals surface area contributed by atoms with Gasteiger partial charge >= 0.3 is 0 Å². The normalized spacial score (nSPS) is 12.1. The van der Waals surface area contributed by atoms with E-state index in [4.69, 9.17) is 27.9 Å². The van der Waals surface area contributed by atoms with Crippen LogP contribution in [-0.2, 0) is 14.8 Å². The number of amides is 1. The van der Waals surface area contributed by atoms with Crippen LogP contribution in [-0.4, -0.2) is 20.4 Å². The van der Waals surface area contributed by atoms with Gasteiger partial charge in [-0.1, -0.05) is 47.5 Å². The molecule has 0 saturated heterocycles. The van der Waals surface area contributed by atoms with Gasteiger partial charge in [0.15, 0.2) is 6.10 Å². The van der Waals surface area contributed by atoms with Crippen molar-refractivity contribution >= 4 is 50.5 Å². The zero-order valence-corrected chi connectivity index (χ0v) is 18.1. The lowest BCUT2D eigenvalue weighted by Gasteiger charge is -2.16. The molecule has 2 N–H and O–H groups in total. The molecule has 0 saturated carbocycles. The number of halogens is 2. The van der Waals surface area contributed by atoms with Crippen molar-refractivity contribution < 1.29 is 17.9 Å². The molecule has 0 heterocycles. The number of carbonyl (C=O) groups is 1. The third-order valence-corrected chi connectivity index (χ3v) is 5.93. The van der Waals surface area contributed by atoms with Gasteiger partial charge in [-0.2, -0.15) is 0 Å². The van der Waals surface area contributed by atoms with Crippen molar-refractivity contribution in [1.82, 2.24) is 0 Å². The average molecular weight is 465 g/mol. The topological polar surface area (TPSA) is 84.5 Å². The molecule has 3 aromatic carbocycles. The van der Waals surface area contributed by atoms with Crippen molar-refractivity contribution in [2.75, 3.05) is 10.0 Å². The van der Waals surface area contributed by atoms with E-state index in [1.165, 1.54) is 24.3 Å². The van der Waals surface area contributed by atoms with Crippen LogP contribution in [0.25, 0.3) is 0 Å². The van der Waals surface area contributed by atoms with E-state index in [1.807, 2.05) is 0 Å². The summed E-state index contributed by atoms with van der Waals surface area (Å²) in [6.45, 7) is 1.57. The summed E-state index contributed by atoms with van der Waals surface area (Å²) in [5.74, 6) is -0.0998. The predicted octanol–water partition coefficient (Wildman–Crippen LogP) is 5.20. The Morgan fingerprint density at radius 2 is 1.63 bits per heavy atom. The van der Waals surface area contributed by atoms with Gasteiger partial charge in [0.2, 0.25) is 0 Å². The van der Waals surface area contributed by atoms with Crippen LogP contribution in [0.5, 0.6) is 5.75 Å². The maximum atomic E-state index is 12.5. The first kappa shape index (κ1) is 22.0. The van der Waals surface area contributed by atoms with Crippen LogP contribution in [0.2, 0.25) is 10.0 Å². The first-order valence-electron chi connectivity index (χ1n) is 8.85. The van der Waals surface area contributed by atoms with Crippen LogP contribution in [0.1, 0.15) is 6.92 Å². The minimum Gasteiger partial charge on any atom is -0.479 e. The Kier molecular flexibility index (Phi) is 6.87. The van der Waals surface area contributed by atoms with Crippen LogP contribution in [0.4, 0.5) is 11.4 Å². The van der Waals surface area contributed by atoms with Crippen molar-refractivity contribution in [2.24, 2.45) is 0 Å². The van der Waals surface area contributed by atoms with Gasteiger partial charge in [-0.25, -0.2) is 8.42 Å². The van der Waals surface area contributed by atoms with Crippen molar-refractivity contribution in [3.05, 3.63) is 82.8 Å². The first-order chi connectivity index (χ1) is 14.2. The minimum absolute atomic E-state index is 0.140. The van der Waals surface area contributed by atoms with E-state index >= 15 is 0 Å². The van der Waals surface area contributed by atoms with E-state index in [2.05, 4.69) is 10.0 Å². The number of sulfonamides is 1. The highest BCUT2D eigenvalue weighted by Crippen LogP contribution is 2.28. The summed E-state index contributed by atoms with van der Waals surface area (Å²) in [6, 6.07) is 19.1. The van der Waals surface area contributed by atoms with Crippen LogP contribution >= 0.6 is 23.2 Å². The Morgan fingerprint density at radius 3 is 2.33 bits per heavy atom. The lowest BCUT2D eigenvalue weighted by atomic mass is 10.2. The third-order valence-electron chi connectivity index (χ3n) is 4.00. The van der Waals surface area contributed by atoms with E-state index in [0.29, 0.717) is 27.2 Å². The number of ether oxygens (including phenoxy) is 1. The molecule has 0 aliphatic rings. The van der Waals surface area contributed by atoms with Gasteiger partial charge in [-0.15, -0.1) is 0 Å². The number of benzene rings is 3. The fourth-order valence-corrected chi connectivity index (χ4v) is 4.06. The zero-order valence-electron chi connectivity index (χ0n) is 15.8. The third kappa shape index (κ3) is 5.66. The van der Waals surface area contributed by atoms with Gasteiger partial charge in [0.1, 0.15) is 5.75 Å². The molecule has 0 radical (unpaired) electrons. The molecule has 0 aliphatic heterocycles. The van der Waals surface area contributed by atoms with Crippen molar-refractivity contribution in [3.8, 4) is 5.75 Å². The standard InChI is InChI=1S/C21H18Cl2N2O4S/c1-14(29-20-11-10-15(22)12-19(20)23)21(26)24-16-6-5-7-17(13-16)25-30(27,28)18-8-3-2-4-9-18/h2-14,25H,1H3,(H,24,26). The summed E-state index contributed by atoms with van der Waals surface area (Å²) in [6.07, 6.45) is -0.853. The van der Waals surface area contributed by atoms with Crippen LogP contribution < -0.4 is 14.8 Å². The summed E-state index contributed by atoms with van der Waals surface area (Å²) < 4.78 is 33.0. The van der Waals surface area contributed by atoms with E-state index in [0.717, 1.165) is 0 Å². The summed E-state index contributed by atoms with van der Waals surface area (Å²) in [5, 5.41) is 3.44. The SMILES string of the molecule is CC(Oc1ccc(Cl)cc1Cl)C(=O)Nc1cccc(NS(=O)(=O)c2ccccc2)c1. The summed E-state index contributed by atoms with van der Waals surface area (Å²) in [4.78, 5) is 12.6. The van der Waals surface area contributed by atoms with Gasteiger partial charge in [-0.05, 0) is 55.5 Å². The number of rotatable bonds is 7. The molecule has 0 aliphatic carbocycles. The first-order valence-corrected chi connectivity index (χ1v) is 11.1. The summed E-state index contributed by atoms with van der Waals surface area (Å²) >= 11 is 11.9. The second kappa shape index (κ2) is 9.38. The maximum Gasteiger partial charge on any atom is 0.265 e. The lowest BCUT2D eigenvalue weighted by molar-refractivity contribution is -0.122. The fraction of sp³-hybridized carbons (Fsp3) is 0.0952. The molecule has 0 fully saturated rings. The second-order valence-electron chi connectivity index (χ2n) is 6.32. The molecule has 1 unspecified atom stereocenters. The minimum atomic E-state index is -3.74. The lowest BCUT2D eigenvalue weighted by Crippen LogP contribution is -2.30. The van der Waals surface area contributed by atoms with E-state index in [-0.39, 0.29) is 4.90 Å².